The highest BCUT2D eigenvalue weighted by atomic mass is 32.2. The molecular weight excluding hydrogens is 406 g/mol. The van der Waals surface area contributed by atoms with Crippen LogP contribution >= 0.6 is 0 Å². The first-order chi connectivity index (χ1) is 14.3. The van der Waals surface area contributed by atoms with Crippen molar-refractivity contribution in [1.29, 1.82) is 0 Å². The van der Waals surface area contributed by atoms with Gasteiger partial charge in [0.05, 0.1) is 4.90 Å². The van der Waals surface area contributed by atoms with Gasteiger partial charge >= 0.3 is 5.97 Å². The Bertz CT molecular complexity index is 1110. The van der Waals surface area contributed by atoms with Crippen molar-refractivity contribution in [3.05, 3.63) is 65.5 Å². The molecule has 1 unspecified atom stereocenters. The van der Waals surface area contributed by atoms with Crippen molar-refractivity contribution in [3.8, 4) is 11.5 Å². The summed E-state index contributed by atoms with van der Waals surface area (Å²) in [6, 6.07) is 14.0. The number of benzene rings is 2. The van der Waals surface area contributed by atoms with Crippen LogP contribution in [0.15, 0.2) is 57.8 Å². The number of nitrogens with one attached hydrogen (secondary N) is 1. The first-order valence-corrected chi connectivity index (χ1v) is 10.9. The summed E-state index contributed by atoms with van der Waals surface area (Å²) >= 11 is 0. The van der Waals surface area contributed by atoms with Gasteiger partial charge in [0.25, 0.3) is 5.89 Å². The van der Waals surface area contributed by atoms with Crippen molar-refractivity contribution in [3.63, 3.8) is 0 Å². The lowest BCUT2D eigenvalue weighted by atomic mass is 10.1. The summed E-state index contributed by atoms with van der Waals surface area (Å²) in [4.78, 5) is 12.3. The van der Waals surface area contributed by atoms with E-state index in [-0.39, 0.29) is 17.2 Å². The molecule has 0 aliphatic carbocycles. The Kier molecular flexibility index (Phi) is 6.63. The highest BCUT2D eigenvalue weighted by Crippen LogP contribution is 2.23. The fourth-order valence-corrected chi connectivity index (χ4v) is 3.45. The number of aryl methyl sites for hydroxylation is 2. The van der Waals surface area contributed by atoms with Crippen LogP contribution in [0.4, 0.5) is 0 Å². The van der Waals surface area contributed by atoms with Crippen molar-refractivity contribution < 1.29 is 22.4 Å². The van der Waals surface area contributed by atoms with Gasteiger partial charge in [0, 0.05) is 12.0 Å². The Morgan fingerprint density at radius 1 is 1.10 bits per heavy atom. The van der Waals surface area contributed by atoms with Gasteiger partial charge in [-0.3, -0.25) is 4.79 Å². The number of hydrogen-bond acceptors (Lipinski definition) is 7. The van der Waals surface area contributed by atoms with Crippen LogP contribution in [0.25, 0.3) is 11.5 Å². The van der Waals surface area contributed by atoms with E-state index in [9.17, 15) is 13.2 Å². The molecule has 0 fully saturated rings. The smallest absolute Gasteiger partial charge is 0.306 e. The molecule has 3 rings (SSSR count). The van der Waals surface area contributed by atoms with E-state index in [1.165, 1.54) is 19.2 Å². The zero-order chi connectivity index (χ0) is 21.7. The first-order valence-electron chi connectivity index (χ1n) is 9.41. The molecule has 9 heteroatoms. The van der Waals surface area contributed by atoms with Gasteiger partial charge in [-0.05, 0) is 57.1 Å². The van der Waals surface area contributed by atoms with Gasteiger partial charge < -0.3 is 9.15 Å². The van der Waals surface area contributed by atoms with Gasteiger partial charge in [0.1, 0.15) is 0 Å². The van der Waals surface area contributed by atoms with E-state index in [1.54, 1.807) is 19.1 Å². The number of sulfonamides is 1. The molecule has 1 aromatic heterocycles. The number of aromatic nitrogens is 2. The summed E-state index contributed by atoms with van der Waals surface area (Å²) in [5, 5.41) is 7.98. The van der Waals surface area contributed by atoms with Crippen molar-refractivity contribution >= 4 is 16.0 Å². The minimum atomic E-state index is -3.48. The van der Waals surface area contributed by atoms with E-state index in [1.807, 2.05) is 31.2 Å². The summed E-state index contributed by atoms with van der Waals surface area (Å²) < 4.78 is 36.7. The molecule has 0 aliphatic heterocycles. The monoisotopic (exact) mass is 429 g/mol. The Labute approximate surface area is 175 Å². The topological polar surface area (TPSA) is 111 Å². The van der Waals surface area contributed by atoms with Gasteiger partial charge in [-0.15, -0.1) is 10.2 Å². The largest absolute Gasteiger partial charge is 0.453 e. The zero-order valence-electron chi connectivity index (χ0n) is 17.0. The minimum Gasteiger partial charge on any atom is -0.453 e. The second-order valence-corrected chi connectivity index (χ2v) is 8.68. The second kappa shape index (κ2) is 9.19. The second-order valence-electron chi connectivity index (χ2n) is 6.80. The minimum absolute atomic E-state index is 0.140. The quantitative estimate of drug-likeness (QED) is 0.547. The third-order valence-electron chi connectivity index (χ3n) is 4.52. The van der Waals surface area contributed by atoms with Gasteiger partial charge in [0.2, 0.25) is 15.9 Å². The zero-order valence-corrected chi connectivity index (χ0v) is 17.8. The lowest BCUT2D eigenvalue weighted by Crippen LogP contribution is -2.18. The molecule has 1 heterocycles. The van der Waals surface area contributed by atoms with E-state index in [0.29, 0.717) is 12.3 Å². The van der Waals surface area contributed by atoms with Crippen molar-refractivity contribution in [2.24, 2.45) is 0 Å². The number of nitrogens with zero attached hydrogens (tertiary/aromatic N) is 2. The van der Waals surface area contributed by atoms with Crippen LogP contribution in [-0.4, -0.2) is 31.6 Å². The first kappa shape index (κ1) is 21.7. The van der Waals surface area contributed by atoms with E-state index < -0.39 is 22.1 Å². The molecule has 0 amide bonds. The molecule has 158 valence electrons. The number of ether oxygens (including phenoxy) is 1. The molecule has 8 nitrogen and oxygen atoms in total. The van der Waals surface area contributed by atoms with Gasteiger partial charge in [-0.2, -0.15) is 0 Å². The Hall–Kier alpha value is -3.04. The van der Waals surface area contributed by atoms with Crippen molar-refractivity contribution in [2.45, 2.75) is 37.7 Å². The van der Waals surface area contributed by atoms with Crippen LogP contribution in [0.3, 0.4) is 0 Å². The average Bonchev–Trinajstić information content (AvgIpc) is 3.23. The molecule has 1 atom stereocenters. The Morgan fingerprint density at radius 2 is 1.77 bits per heavy atom. The lowest BCUT2D eigenvalue weighted by Gasteiger charge is -2.09. The third kappa shape index (κ3) is 5.31. The number of rotatable bonds is 8. The predicted octanol–water partition coefficient (Wildman–Crippen LogP) is 3.19. The summed E-state index contributed by atoms with van der Waals surface area (Å²) in [6.07, 6.45) is -0.113. The van der Waals surface area contributed by atoms with E-state index in [0.717, 1.165) is 16.7 Å². The molecule has 0 spiro atoms. The fraction of sp³-hybridized carbons (Fsp3) is 0.286. The van der Waals surface area contributed by atoms with E-state index in [2.05, 4.69) is 14.9 Å². The highest BCUT2D eigenvalue weighted by molar-refractivity contribution is 7.89. The molecule has 0 saturated carbocycles. The highest BCUT2D eigenvalue weighted by Gasteiger charge is 2.19. The third-order valence-corrected chi connectivity index (χ3v) is 5.95. The summed E-state index contributed by atoms with van der Waals surface area (Å²) in [6.45, 7) is 3.66. The van der Waals surface area contributed by atoms with E-state index >= 15 is 0 Å². The number of hydrogen-bond donors (Lipinski definition) is 1. The number of carbonyl (C=O) groups excluding carboxylic acids is 1. The Balaban J connectivity index is 1.54. The maximum atomic E-state index is 12.2. The van der Waals surface area contributed by atoms with Gasteiger partial charge in [-0.25, -0.2) is 13.1 Å². The molecule has 0 aliphatic rings. The van der Waals surface area contributed by atoms with Gasteiger partial charge in [-0.1, -0.05) is 29.8 Å². The fourth-order valence-electron chi connectivity index (χ4n) is 2.72. The maximum Gasteiger partial charge on any atom is 0.306 e. The molecule has 3 aromatic rings. The van der Waals surface area contributed by atoms with Crippen molar-refractivity contribution in [1.82, 2.24) is 14.9 Å². The lowest BCUT2D eigenvalue weighted by molar-refractivity contribution is -0.149. The SMILES string of the molecule is CNS(=O)(=O)c1ccc(CCC(=O)OC(C)c2nnc(-c3ccc(C)cc3)o2)cc1. The average molecular weight is 429 g/mol. The van der Waals surface area contributed by atoms with Crippen LogP contribution in [0.2, 0.25) is 0 Å². The maximum absolute atomic E-state index is 12.2. The van der Waals surface area contributed by atoms with Gasteiger partial charge in [0.15, 0.2) is 6.10 Å². The molecular formula is C21H23N3O5S. The molecule has 2 aromatic carbocycles. The molecule has 1 N–H and O–H groups in total. The number of esters is 1. The molecule has 30 heavy (non-hydrogen) atoms. The molecule has 0 bridgehead atoms. The standard InChI is InChI=1S/C21H23N3O5S/c1-14-4-9-17(10-5-14)21-24-23-20(29-21)15(2)28-19(25)13-8-16-6-11-18(12-7-16)30(26,27)22-3/h4-7,9-12,15,22H,8,13H2,1-3H3. The Morgan fingerprint density at radius 3 is 2.40 bits per heavy atom. The molecule has 0 radical (unpaired) electrons. The number of carbonyl (C=O) groups is 1. The van der Waals surface area contributed by atoms with Crippen LogP contribution in [-0.2, 0) is 26.0 Å². The van der Waals surface area contributed by atoms with Crippen LogP contribution in [0.1, 0.15) is 36.5 Å². The normalized spacial score (nSPS) is 12.5. The molecule has 0 saturated heterocycles. The van der Waals surface area contributed by atoms with Crippen LogP contribution < -0.4 is 4.72 Å². The van der Waals surface area contributed by atoms with E-state index in [4.69, 9.17) is 9.15 Å². The predicted molar refractivity (Wildman–Crippen MR) is 110 cm³/mol. The summed E-state index contributed by atoms with van der Waals surface area (Å²) in [5.74, 6) is 0.176. The van der Waals surface area contributed by atoms with Crippen LogP contribution in [0, 0.1) is 6.92 Å². The summed E-state index contributed by atoms with van der Waals surface area (Å²) in [7, 11) is -2.12. The van der Waals surface area contributed by atoms with Crippen LogP contribution in [0.5, 0.6) is 0 Å². The van der Waals surface area contributed by atoms with Crippen molar-refractivity contribution in [2.75, 3.05) is 7.05 Å². The summed E-state index contributed by atoms with van der Waals surface area (Å²) in [5.41, 5.74) is 2.75.